The zero-order valence-electron chi connectivity index (χ0n) is 15.8. The number of halogens is 3. The Bertz CT molecular complexity index is 1040. The highest BCUT2D eigenvalue weighted by Crippen LogP contribution is 2.23. The highest BCUT2D eigenvalue weighted by atomic mass is 32.2. The van der Waals surface area contributed by atoms with Crippen LogP contribution in [-0.4, -0.2) is 39.8 Å². The zero-order valence-corrected chi connectivity index (χ0v) is 16.6. The summed E-state index contributed by atoms with van der Waals surface area (Å²) >= 11 is 0. The van der Waals surface area contributed by atoms with E-state index in [1.807, 2.05) is 0 Å². The number of esters is 1. The molecule has 0 heterocycles. The van der Waals surface area contributed by atoms with Crippen LogP contribution in [-0.2, 0) is 19.6 Å². The summed E-state index contributed by atoms with van der Waals surface area (Å²) in [6.45, 7) is 2.78. The Morgan fingerprint density at radius 1 is 1.03 bits per heavy atom. The highest BCUT2D eigenvalue weighted by Gasteiger charge is 2.31. The summed E-state index contributed by atoms with van der Waals surface area (Å²) < 4.78 is 71.1. The fraction of sp³-hybridized carbons (Fsp3) is 0.158. The SMILES string of the molecule is C=CCNS(=O)(=O)c1ccc(C(=O)OCC(=O)Nc2ccc(OC(F)(F)F)cc2)cc1. The van der Waals surface area contributed by atoms with Gasteiger partial charge < -0.3 is 14.8 Å². The molecule has 2 aromatic carbocycles. The normalized spacial score (nSPS) is 11.5. The number of sulfonamides is 1. The Hall–Kier alpha value is -3.38. The first-order chi connectivity index (χ1) is 14.5. The van der Waals surface area contributed by atoms with Crippen LogP contribution in [0.1, 0.15) is 10.4 Å². The smallest absolute Gasteiger partial charge is 0.452 e. The topological polar surface area (TPSA) is 111 Å². The lowest BCUT2D eigenvalue weighted by atomic mass is 10.2. The number of anilines is 1. The lowest BCUT2D eigenvalue weighted by molar-refractivity contribution is -0.274. The molecule has 1 amide bonds. The summed E-state index contributed by atoms with van der Waals surface area (Å²) in [5.74, 6) is -2.06. The van der Waals surface area contributed by atoms with Gasteiger partial charge in [-0.3, -0.25) is 4.79 Å². The molecule has 2 N–H and O–H groups in total. The minimum Gasteiger partial charge on any atom is -0.452 e. The number of ether oxygens (including phenoxy) is 2. The molecule has 0 aromatic heterocycles. The van der Waals surface area contributed by atoms with Crippen molar-refractivity contribution in [3.05, 3.63) is 66.7 Å². The standard InChI is InChI=1S/C19H17F3N2O6S/c1-2-11-23-31(27,28)16-9-3-13(4-10-16)18(26)29-12-17(25)24-14-5-7-15(8-6-14)30-19(20,21)22/h2-10,23H,1,11-12H2,(H,24,25). The maximum Gasteiger partial charge on any atom is 0.573 e. The minimum absolute atomic E-state index is 0.0177. The first-order valence-corrected chi connectivity index (χ1v) is 10.0. The largest absolute Gasteiger partial charge is 0.573 e. The van der Waals surface area contributed by atoms with E-state index in [0.717, 1.165) is 12.1 Å². The highest BCUT2D eigenvalue weighted by molar-refractivity contribution is 7.89. The molecule has 0 saturated carbocycles. The molecule has 0 spiro atoms. The van der Waals surface area contributed by atoms with Gasteiger partial charge in [0.2, 0.25) is 10.0 Å². The summed E-state index contributed by atoms with van der Waals surface area (Å²) in [6.07, 6.45) is -3.46. The van der Waals surface area contributed by atoms with Gasteiger partial charge in [0.25, 0.3) is 5.91 Å². The quantitative estimate of drug-likeness (QED) is 0.442. The number of rotatable bonds is 9. The number of nitrogens with one attached hydrogen (secondary N) is 2. The summed E-state index contributed by atoms with van der Waals surface area (Å²) in [7, 11) is -3.75. The molecule has 0 aliphatic rings. The van der Waals surface area contributed by atoms with Crippen LogP contribution < -0.4 is 14.8 Å². The Labute approximate surface area is 175 Å². The number of benzene rings is 2. The molecule has 31 heavy (non-hydrogen) atoms. The van der Waals surface area contributed by atoms with Crippen molar-refractivity contribution in [2.75, 3.05) is 18.5 Å². The van der Waals surface area contributed by atoms with E-state index >= 15 is 0 Å². The molecule has 8 nitrogen and oxygen atoms in total. The van der Waals surface area contributed by atoms with Crippen LogP contribution in [0, 0.1) is 0 Å². The molecule has 2 aromatic rings. The van der Waals surface area contributed by atoms with Gasteiger partial charge in [0.05, 0.1) is 10.5 Å². The van der Waals surface area contributed by atoms with Crippen molar-refractivity contribution in [1.29, 1.82) is 0 Å². The number of hydrogen-bond acceptors (Lipinski definition) is 6. The van der Waals surface area contributed by atoms with Crippen LogP contribution in [0.3, 0.4) is 0 Å². The number of hydrogen-bond donors (Lipinski definition) is 2. The summed E-state index contributed by atoms with van der Waals surface area (Å²) in [5, 5.41) is 2.34. The van der Waals surface area contributed by atoms with Crippen molar-refractivity contribution in [1.82, 2.24) is 4.72 Å². The molecule has 0 aliphatic heterocycles. The summed E-state index contributed by atoms with van der Waals surface area (Å²) in [5.41, 5.74) is 0.182. The van der Waals surface area contributed by atoms with Gasteiger partial charge in [0.1, 0.15) is 5.75 Å². The summed E-state index contributed by atoms with van der Waals surface area (Å²) in [4.78, 5) is 23.8. The molecule has 0 fully saturated rings. The second-order valence-electron chi connectivity index (χ2n) is 5.86. The molecule has 0 aliphatic carbocycles. The van der Waals surface area contributed by atoms with E-state index in [1.165, 1.54) is 42.5 Å². The van der Waals surface area contributed by atoms with E-state index in [1.54, 1.807) is 0 Å². The second-order valence-corrected chi connectivity index (χ2v) is 7.63. The predicted molar refractivity (Wildman–Crippen MR) is 104 cm³/mol. The van der Waals surface area contributed by atoms with Crippen LogP contribution >= 0.6 is 0 Å². The fourth-order valence-corrected chi connectivity index (χ4v) is 3.17. The molecule has 2 rings (SSSR count). The van der Waals surface area contributed by atoms with E-state index in [9.17, 15) is 31.2 Å². The lowest BCUT2D eigenvalue weighted by Crippen LogP contribution is -2.23. The van der Waals surface area contributed by atoms with Gasteiger partial charge in [-0.1, -0.05) is 6.08 Å². The Morgan fingerprint density at radius 3 is 2.19 bits per heavy atom. The Balaban J connectivity index is 1.88. The molecule has 0 unspecified atom stereocenters. The van der Waals surface area contributed by atoms with Crippen LogP contribution in [0.15, 0.2) is 66.1 Å². The average Bonchev–Trinajstić information content (AvgIpc) is 2.71. The molecule has 0 saturated heterocycles. The van der Waals surface area contributed by atoms with Crippen molar-refractivity contribution < 1.29 is 40.7 Å². The Kier molecular flexibility index (Phi) is 7.78. The van der Waals surface area contributed by atoms with Crippen molar-refractivity contribution >= 4 is 27.6 Å². The first kappa shape index (κ1) is 23.9. The predicted octanol–water partition coefficient (Wildman–Crippen LogP) is 2.85. The number of carbonyl (C=O) groups is 2. The van der Waals surface area contributed by atoms with Crippen molar-refractivity contribution in [3.63, 3.8) is 0 Å². The number of alkyl halides is 3. The van der Waals surface area contributed by atoms with Crippen molar-refractivity contribution in [3.8, 4) is 5.75 Å². The minimum atomic E-state index is -4.83. The third-order valence-corrected chi connectivity index (χ3v) is 4.96. The number of amides is 1. The van der Waals surface area contributed by atoms with Crippen LogP contribution in [0.4, 0.5) is 18.9 Å². The van der Waals surface area contributed by atoms with Gasteiger partial charge in [0.15, 0.2) is 6.61 Å². The molecule has 0 atom stereocenters. The van der Waals surface area contributed by atoms with Crippen molar-refractivity contribution in [2.24, 2.45) is 0 Å². The van der Waals surface area contributed by atoms with E-state index in [4.69, 9.17) is 4.74 Å². The van der Waals surface area contributed by atoms with Gasteiger partial charge in [-0.25, -0.2) is 17.9 Å². The Morgan fingerprint density at radius 2 is 1.65 bits per heavy atom. The molecule has 0 bridgehead atoms. The van der Waals surface area contributed by atoms with Crippen LogP contribution in [0.25, 0.3) is 0 Å². The van der Waals surface area contributed by atoms with Gasteiger partial charge in [-0.15, -0.1) is 19.8 Å². The van der Waals surface area contributed by atoms with Crippen molar-refractivity contribution in [2.45, 2.75) is 11.3 Å². The van der Waals surface area contributed by atoms with Gasteiger partial charge in [0, 0.05) is 12.2 Å². The van der Waals surface area contributed by atoms with Gasteiger partial charge >= 0.3 is 12.3 Å². The van der Waals surface area contributed by atoms with E-state index in [-0.39, 0.29) is 22.7 Å². The van der Waals surface area contributed by atoms with E-state index < -0.39 is 40.6 Å². The maximum atomic E-state index is 12.1. The van der Waals surface area contributed by atoms with Crippen LogP contribution in [0.2, 0.25) is 0 Å². The fourth-order valence-electron chi connectivity index (χ4n) is 2.17. The first-order valence-electron chi connectivity index (χ1n) is 8.53. The lowest BCUT2D eigenvalue weighted by Gasteiger charge is -2.10. The monoisotopic (exact) mass is 458 g/mol. The summed E-state index contributed by atoms with van der Waals surface area (Å²) in [6, 6.07) is 9.23. The van der Waals surface area contributed by atoms with Crippen LogP contribution in [0.5, 0.6) is 5.75 Å². The third-order valence-electron chi connectivity index (χ3n) is 3.52. The third kappa shape index (κ3) is 7.75. The van der Waals surface area contributed by atoms with Gasteiger partial charge in [-0.2, -0.15) is 0 Å². The average molecular weight is 458 g/mol. The molecule has 12 heteroatoms. The zero-order chi connectivity index (χ0) is 23.1. The maximum absolute atomic E-state index is 12.1. The number of carbonyl (C=O) groups excluding carboxylic acids is 2. The van der Waals surface area contributed by atoms with Gasteiger partial charge in [-0.05, 0) is 48.5 Å². The molecular formula is C19H17F3N2O6S. The molecule has 166 valence electrons. The van der Waals surface area contributed by atoms with E-state index in [2.05, 4.69) is 21.4 Å². The second kappa shape index (κ2) is 10.1. The van der Waals surface area contributed by atoms with E-state index in [0.29, 0.717) is 0 Å². The molecule has 0 radical (unpaired) electrons. The molecular weight excluding hydrogens is 441 g/mol.